The van der Waals surface area contributed by atoms with Crippen molar-refractivity contribution < 1.29 is 14.4 Å². The molecule has 0 spiro atoms. The molecule has 1 aliphatic heterocycles. The van der Waals surface area contributed by atoms with Gasteiger partial charge in [-0.25, -0.2) is 4.79 Å². The number of aryl methyl sites for hydroxylation is 1. The molecule has 1 aliphatic rings. The molecule has 2 rings (SSSR count). The second-order valence-corrected chi connectivity index (χ2v) is 6.15. The predicted molar refractivity (Wildman–Crippen MR) is 87.9 cm³/mol. The average Bonchev–Trinajstić information content (AvgIpc) is 2.75. The Morgan fingerprint density at radius 3 is 2.48 bits per heavy atom. The van der Waals surface area contributed by atoms with Gasteiger partial charge in [-0.3, -0.25) is 14.5 Å². The molecule has 1 heterocycles. The Balaban J connectivity index is 1.94. The summed E-state index contributed by atoms with van der Waals surface area (Å²) < 4.78 is 0. The summed E-state index contributed by atoms with van der Waals surface area (Å²) in [5, 5.41) is 5.33. The molecule has 2 N–H and O–H groups in total. The van der Waals surface area contributed by atoms with Crippen LogP contribution in [0.5, 0.6) is 0 Å². The molecule has 6 nitrogen and oxygen atoms in total. The number of hydrogen-bond acceptors (Lipinski definition) is 3. The Labute approximate surface area is 136 Å². The number of nitrogens with zero attached hydrogens (tertiary/aromatic N) is 1. The Bertz CT molecular complexity index is 596. The lowest BCUT2D eigenvalue weighted by molar-refractivity contribution is -0.131. The monoisotopic (exact) mass is 317 g/mol. The van der Waals surface area contributed by atoms with Crippen molar-refractivity contribution in [1.82, 2.24) is 10.2 Å². The number of rotatable bonds is 6. The maximum absolute atomic E-state index is 12.2. The molecule has 23 heavy (non-hydrogen) atoms. The van der Waals surface area contributed by atoms with Gasteiger partial charge in [-0.2, -0.15) is 0 Å². The number of anilines is 1. The topological polar surface area (TPSA) is 78.5 Å². The van der Waals surface area contributed by atoms with Crippen LogP contribution in [-0.2, 0) is 16.0 Å². The first kappa shape index (κ1) is 17.0. The number of urea groups is 1. The molecule has 1 saturated heterocycles. The van der Waals surface area contributed by atoms with Crippen LogP contribution in [0.3, 0.4) is 0 Å². The molecule has 0 aliphatic carbocycles. The molecule has 1 atom stereocenters. The van der Waals surface area contributed by atoms with E-state index < -0.39 is 12.1 Å². The summed E-state index contributed by atoms with van der Waals surface area (Å²) in [6.07, 6.45) is 1.50. The molecule has 0 bridgehead atoms. The van der Waals surface area contributed by atoms with Crippen LogP contribution in [0.15, 0.2) is 24.3 Å². The van der Waals surface area contributed by atoms with Crippen molar-refractivity contribution in [3.8, 4) is 0 Å². The van der Waals surface area contributed by atoms with Gasteiger partial charge in [0.05, 0.1) is 0 Å². The van der Waals surface area contributed by atoms with Crippen molar-refractivity contribution in [3.05, 3.63) is 29.8 Å². The summed E-state index contributed by atoms with van der Waals surface area (Å²) in [7, 11) is 0. The van der Waals surface area contributed by atoms with Crippen molar-refractivity contribution in [2.45, 2.75) is 39.7 Å². The van der Waals surface area contributed by atoms with Gasteiger partial charge in [0, 0.05) is 5.69 Å². The van der Waals surface area contributed by atoms with Crippen molar-refractivity contribution in [3.63, 3.8) is 0 Å². The number of benzene rings is 1. The van der Waals surface area contributed by atoms with Gasteiger partial charge in [-0.15, -0.1) is 0 Å². The van der Waals surface area contributed by atoms with E-state index in [-0.39, 0.29) is 24.3 Å². The number of amides is 4. The molecule has 6 heteroatoms. The first-order chi connectivity index (χ1) is 10.9. The molecule has 1 fully saturated rings. The smallest absolute Gasteiger partial charge is 0.325 e. The van der Waals surface area contributed by atoms with Crippen LogP contribution in [0.2, 0.25) is 0 Å². The Kier molecular flexibility index (Phi) is 5.36. The van der Waals surface area contributed by atoms with Gasteiger partial charge in [-0.1, -0.05) is 32.9 Å². The van der Waals surface area contributed by atoms with E-state index in [1.165, 1.54) is 5.56 Å². The summed E-state index contributed by atoms with van der Waals surface area (Å²) >= 11 is 0. The van der Waals surface area contributed by atoms with E-state index in [1.54, 1.807) is 0 Å². The van der Waals surface area contributed by atoms with Crippen molar-refractivity contribution in [2.24, 2.45) is 5.92 Å². The number of nitrogens with one attached hydrogen (secondary N) is 2. The largest absolute Gasteiger partial charge is 0.326 e. The molecule has 0 radical (unpaired) electrons. The normalized spacial score (nSPS) is 17.6. The standard InChI is InChI=1S/C17H23N3O3/c1-4-12-5-7-13(8-6-12)18-15(21)10-20-16(22)14(9-11(2)3)19-17(20)23/h5-8,11,14H,4,9-10H2,1-3H3,(H,18,21)(H,19,23). The average molecular weight is 317 g/mol. The number of carbonyl (C=O) groups excluding carboxylic acids is 3. The third-order valence-electron chi connectivity index (χ3n) is 3.76. The van der Waals surface area contributed by atoms with Gasteiger partial charge < -0.3 is 10.6 Å². The van der Waals surface area contributed by atoms with Crippen LogP contribution < -0.4 is 10.6 Å². The highest BCUT2D eigenvalue weighted by Crippen LogP contribution is 2.15. The summed E-state index contributed by atoms with van der Waals surface area (Å²) in [5.74, 6) is -0.432. The highest BCUT2D eigenvalue weighted by atomic mass is 16.2. The van der Waals surface area contributed by atoms with E-state index >= 15 is 0 Å². The quantitative estimate of drug-likeness (QED) is 0.789. The van der Waals surface area contributed by atoms with Crippen molar-refractivity contribution in [2.75, 3.05) is 11.9 Å². The summed E-state index contributed by atoms with van der Waals surface area (Å²) in [5.41, 5.74) is 1.83. The third kappa shape index (κ3) is 4.31. The van der Waals surface area contributed by atoms with Crippen LogP contribution in [-0.4, -0.2) is 35.3 Å². The Hall–Kier alpha value is -2.37. The van der Waals surface area contributed by atoms with Crippen LogP contribution in [0.4, 0.5) is 10.5 Å². The molecule has 124 valence electrons. The minimum Gasteiger partial charge on any atom is -0.326 e. The zero-order chi connectivity index (χ0) is 17.0. The van der Waals surface area contributed by atoms with E-state index in [4.69, 9.17) is 0 Å². The van der Waals surface area contributed by atoms with E-state index in [0.717, 1.165) is 11.3 Å². The lowest BCUT2D eigenvalue weighted by Crippen LogP contribution is -2.38. The van der Waals surface area contributed by atoms with E-state index in [0.29, 0.717) is 12.1 Å². The van der Waals surface area contributed by atoms with Crippen LogP contribution in [0.1, 0.15) is 32.8 Å². The molecule has 0 saturated carbocycles. The fourth-order valence-electron chi connectivity index (χ4n) is 2.53. The van der Waals surface area contributed by atoms with Gasteiger partial charge in [0.25, 0.3) is 5.91 Å². The summed E-state index contributed by atoms with van der Waals surface area (Å²) in [6, 6.07) is 6.45. The Morgan fingerprint density at radius 1 is 1.26 bits per heavy atom. The fraction of sp³-hybridized carbons (Fsp3) is 0.471. The highest BCUT2D eigenvalue weighted by Gasteiger charge is 2.38. The first-order valence-electron chi connectivity index (χ1n) is 7.91. The molecule has 1 aromatic carbocycles. The van der Waals surface area contributed by atoms with Crippen LogP contribution in [0.25, 0.3) is 0 Å². The zero-order valence-corrected chi connectivity index (χ0v) is 13.8. The van der Waals surface area contributed by atoms with E-state index in [1.807, 2.05) is 38.1 Å². The number of imide groups is 1. The van der Waals surface area contributed by atoms with Gasteiger partial charge in [0.15, 0.2) is 0 Å². The number of hydrogen-bond donors (Lipinski definition) is 2. The number of carbonyl (C=O) groups is 3. The summed E-state index contributed by atoms with van der Waals surface area (Å²) in [6.45, 7) is 5.75. The fourth-order valence-corrected chi connectivity index (χ4v) is 2.53. The van der Waals surface area contributed by atoms with Crippen molar-refractivity contribution in [1.29, 1.82) is 0 Å². The lowest BCUT2D eigenvalue weighted by Gasteiger charge is -2.14. The second kappa shape index (κ2) is 7.26. The van der Waals surface area contributed by atoms with Crippen LogP contribution >= 0.6 is 0 Å². The van der Waals surface area contributed by atoms with E-state index in [9.17, 15) is 14.4 Å². The minimum atomic E-state index is -0.529. The van der Waals surface area contributed by atoms with E-state index in [2.05, 4.69) is 17.6 Å². The van der Waals surface area contributed by atoms with Gasteiger partial charge in [0.1, 0.15) is 12.6 Å². The highest BCUT2D eigenvalue weighted by molar-refractivity contribution is 6.07. The summed E-state index contributed by atoms with van der Waals surface area (Å²) in [4.78, 5) is 37.1. The third-order valence-corrected chi connectivity index (χ3v) is 3.76. The molecular formula is C17H23N3O3. The molecule has 4 amide bonds. The maximum atomic E-state index is 12.2. The SMILES string of the molecule is CCc1ccc(NC(=O)CN2C(=O)NC(CC(C)C)C2=O)cc1. The first-order valence-corrected chi connectivity index (χ1v) is 7.91. The maximum Gasteiger partial charge on any atom is 0.325 e. The predicted octanol–water partition coefficient (Wildman–Crippen LogP) is 2.15. The Morgan fingerprint density at radius 2 is 1.91 bits per heavy atom. The molecule has 1 unspecified atom stereocenters. The van der Waals surface area contributed by atoms with Gasteiger partial charge in [0.2, 0.25) is 5.91 Å². The lowest BCUT2D eigenvalue weighted by atomic mass is 10.0. The zero-order valence-electron chi connectivity index (χ0n) is 13.8. The minimum absolute atomic E-state index is 0.269. The second-order valence-electron chi connectivity index (χ2n) is 6.15. The van der Waals surface area contributed by atoms with Gasteiger partial charge >= 0.3 is 6.03 Å². The van der Waals surface area contributed by atoms with Crippen LogP contribution in [0, 0.1) is 5.92 Å². The molecular weight excluding hydrogens is 294 g/mol. The van der Waals surface area contributed by atoms with Gasteiger partial charge in [-0.05, 0) is 36.5 Å². The van der Waals surface area contributed by atoms with Crippen molar-refractivity contribution >= 4 is 23.5 Å². The molecule has 1 aromatic rings. The molecule has 0 aromatic heterocycles.